The van der Waals surface area contributed by atoms with Crippen molar-refractivity contribution in [1.29, 1.82) is 0 Å². The molecule has 1 saturated heterocycles. The van der Waals surface area contributed by atoms with Gasteiger partial charge in [-0.2, -0.15) is 4.31 Å². The maximum Gasteiger partial charge on any atom is 0.244 e. The second-order valence-electron chi connectivity index (χ2n) is 5.94. The van der Waals surface area contributed by atoms with Crippen LogP contribution >= 0.6 is 11.6 Å². The Hall–Kier alpha value is -0.620. The number of fused-ring (bicyclic) bond motifs is 1. The van der Waals surface area contributed by atoms with Crippen molar-refractivity contribution in [2.45, 2.75) is 49.6 Å². The van der Waals surface area contributed by atoms with Gasteiger partial charge in [0.2, 0.25) is 10.0 Å². The Bertz CT molecular complexity index is 632. The zero-order valence-corrected chi connectivity index (χ0v) is 13.4. The molecule has 1 aromatic rings. The van der Waals surface area contributed by atoms with E-state index < -0.39 is 10.0 Å². The molecular weight excluding hydrogens is 310 g/mol. The lowest BCUT2D eigenvalue weighted by Crippen LogP contribution is -2.46. The fraction of sp³-hybridized carbons (Fsp3) is 0.600. The summed E-state index contributed by atoms with van der Waals surface area (Å²) in [7, 11) is -3.59. The first-order chi connectivity index (χ1) is 10.0. The van der Waals surface area contributed by atoms with Crippen LogP contribution in [0.4, 0.5) is 0 Å². The van der Waals surface area contributed by atoms with Crippen molar-refractivity contribution < 1.29 is 13.5 Å². The summed E-state index contributed by atoms with van der Waals surface area (Å²) in [6.07, 6.45) is 5.22. The van der Waals surface area contributed by atoms with Crippen LogP contribution in [-0.2, 0) is 16.6 Å². The first-order valence-corrected chi connectivity index (χ1v) is 9.27. The lowest BCUT2D eigenvalue weighted by molar-refractivity contribution is 0.202. The molecule has 0 spiro atoms. The molecular formula is C15H20ClNO3S. The highest BCUT2D eigenvalue weighted by Crippen LogP contribution is 2.40. The maximum absolute atomic E-state index is 13.0. The SMILES string of the molecule is O=S(=O)(c1cc(CO)ccc1Cl)N1CCCC2CCCC21. The van der Waals surface area contributed by atoms with Gasteiger partial charge in [-0.25, -0.2) is 8.42 Å². The van der Waals surface area contributed by atoms with Gasteiger partial charge in [-0.3, -0.25) is 0 Å². The molecule has 0 aromatic heterocycles. The van der Waals surface area contributed by atoms with Crippen LogP contribution in [0.1, 0.15) is 37.7 Å². The number of hydrogen-bond acceptors (Lipinski definition) is 3. The van der Waals surface area contributed by atoms with Gasteiger partial charge in [-0.15, -0.1) is 0 Å². The van der Waals surface area contributed by atoms with Gasteiger partial charge in [-0.05, 0) is 49.3 Å². The van der Waals surface area contributed by atoms with E-state index in [-0.39, 0.29) is 22.6 Å². The minimum absolute atomic E-state index is 0.123. The van der Waals surface area contributed by atoms with Crippen LogP contribution in [0.3, 0.4) is 0 Å². The average molecular weight is 330 g/mol. The number of aliphatic hydroxyl groups excluding tert-OH is 1. The molecule has 116 valence electrons. The average Bonchev–Trinajstić information content (AvgIpc) is 2.95. The van der Waals surface area contributed by atoms with Gasteiger partial charge in [0.25, 0.3) is 0 Å². The van der Waals surface area contributed by atoms with Crippen LogP contribution < -0.4 is 0 Å². The molecule has 1 aliphatic carbocycles. The molecule has 6 heteroatoms. The van der Waals surface area contributed by atoms with Gasteiger partial charge in [0.05, 0.1) is 11.6 Å². The van der Waals surface area contributed by atoms with Crippen LogP contribution in [0.2, 0.25) is 5.02 Å². The molecule has 3 rings (SSSR count). The Kier molecular flexibility index (Phi) is 4.28. The molecule has 1 heterocycles. The molecule has 1 saturated carbocycles. The van der Waals surface area contributed by atoms with E-state index >= 15 is 0 Å². The normalized spacial score (nSPS) is 26.8. The van der Waals surface area contributed by atoms with Crippen molar-refractivity contribution in [3.05, 3.63) is 28.8 Å². The van der Waals surface area contributed by atoms with Crippen molar-refractivity contribution in [2.75, 3.05) is 6.54 Å². The highest BCUT2D eigenvalue weighted by molar-refractivity contribution is 7.89. The number of aliphatic hydroxyl groups is 1. The summed E-state index contributed by atoms with van der Waals surface area (Å²) in [4.78, 5) is 0.128. The fourth-order valence-corrected chi connectivity index (χ4v) is 5.96. The number of halogens is 1. The third kappa shape index (κ3) is 2.72. The maximum atomic E-state index is 13.0. The van der Waals surface area contributed by atoms with Gasteiger partial charge in [0, 0.05) is 12.6 Å². The summed E-state index contributed by atoms with van der Waals surface area (Å²) in [6.45, 7) is 0.384. The Morgan fingerprint density at radius 3 is 2.76 bits per heavy atom. The molecule has 4 nitrogen and oxygen atoms in total. The number of sulfonamides is 1. The lowest BCUT2D eigenvalue weighted by Gasteiger charge is -2.36. The minimum atomic E-state index is -3.59. The van der Waals surface area contributed by atoms with Gasteiger partial charge < -0.3 is 5.11 Å². The summed E-state index contributed by atoms with van der Waals surface area (Å²) in [5.74, 6) is 0.494. The smallest absolute Gasteiger partial charge is 0.244 e. The van der Waals surface area contributed by atoms with E-state index in [1.165, 1.54) is 6.07 Å². The van der Waals surface area contributed by atoms with Crippen LogP contribution in [0.25, 0.3) is 0 Å². The second-order valence-corrected chi connectivity index (χ2v) is 8.21. The zero-order chi connectivity index (χ0) is 15.0. The summed E-state index contributed by atoms with van der Waals surface area (Å²) < 4.78 is 27.6. The van der Waals surface area contributed by atoms with Crippen molar-refractivity contribution in [2.24, 2.45) is 5.92 Å². The van der Waals surface area contributed by atoms with Crippen molar-refractivity contribution in [3.63, 3.8) is 0 Å². The van der Waals surface area contributed by atoms with Crippen LogP contribution in [-0.4, -0.2) is 30.4 Å². The van der Waals surface area contributed by atoms with E-state index in [0.29, 0.717) is 18.0 Å². The van der Waals surface area contributed by atoms with E-state index in [1.807, 2.05) is 0 Å². The Morgan fingerprint density at radius 1 is 1.24 bits per heavy atom. The van der Waals surface area contributed by atoms with Gasteiger partial charge in [-0.1, -0.05) is 24.1 Å². The van der Waals surface area contributed by atoms with Crippen molar-refractivity contribution >= 4 is 21.6 Å². The summed E-state index contributed by atoms with van der Waals surface area (Å²) in [5.41, 5.74) is 0.568. The molecule has 1 aromatic carbocycles. The lowest BCUT2D eigenvalue weighted by atomic mass is 9.94. The third-order valence-corrected chi connectivity index (χ3v) is 7.11. The van der Waals surface area contributed by atoms with Crippen LogP contribution in [0.15, 0.2) is 23.1 Å². The van der Waals surface area contributed by atoms with Gasteiger partial charge in [0.1, 0.15) is 4.90 Å². The molecule has 2 aliphatic rings. The molecule has 0 amide bonds. The fourth-order valence-electron chi connectivity index (χ4n) is 3.68. The third-order valence-electron chi connectivity index (χ3n) is 4.71. The number of piperidine rings is 1. The highest BCUT2D eigenvalue weighted by Gasteiger charge is 2.41. The van der Waals surface area contributed by atoms with E-state index in [0.717, 1.165) is 32.1 Å². The minimum Gasteiger partial charge on any atom is -0.392 e. The summed E-state index contributed by atoms with van der Waals surface area (Å²) in [6, 6.07) is 4.82. The molecule has 1 aliphatic heterocycles. The zero-order valence-electron chi connectivity index (χ0n) is 11.8. The molecule has 0 bridgehead atoms. The predicted octanol–water partition coefficient (Wildman–Crippen LogP) is 2.79. The summed E-state index contributed by atoms with van der Waals surface area (Å²) >= 11 is 6.11. The standard InChI is InChI=1S/C15H20ClNO3S/c16-13-7-6-11(10-18)9-15(13)21(19,20)17-8-2-4-12-3-1-5-14(12)17/h6-7,9,12,14,18H,1-5,8,10H2. The quantitative estimate of drug-likeness (QED) is 0.927. The molecule has 2 atom stereocenters. The molecule has 0 radical (unpaired) electrons. The van der Waals surface area contributed by atoms with E-state index in [1.54, 1.807) is 16.4 Å². The Labute approximate surface area is 130 Å². The Balaban J connectivity index is 2.00. The van der Waals surface area contributed by atoms with Crippen molar-refractivity contribution in [1.82, 2.24) is 4.31 Å². The number of benzene rings is 1. The van der Waals surface area contributed by atoms with Gasteiger partial charge in [0.15, 0.2) is 0 Å². The summed E-state index contributed by atoms with van der Waals surface area (Å²) in [5, 5.41) is 9.46. The topological polar surface area (TPSA) is 57.6 Å². The first-order valence-electron chi connectivity index (χ1n) is 7.45. The second kappa shape index (κ2) is 5.88. The largest absolute Gasteiger partial charge is 0.392 e. The molecule has 21 heavy (non-hydrogen) atoms. The monoisotopic (exact) mass is 329 g/mol. The van der Waals surface area contributed by atoms with E-state index in [2.05, 4.69) is 0 Å². The molecule has 1 N–H and O–H groups in total. The Morgan fingerprint density at radius 2 is 2.00 bits per heavy atom. The number of rotatable bonds is 3. The highest BCUT2D eigenvalue weighted by atomic mass is 35.5. The van der Waals surface area contributed by atoms with Crippen molar-refractivity contribution in [3.8, 4) is 0 Å². The molecule has 2 unspecified atom stereocenters. The van der Waals surface area contributed by atoms with E-state index in [9.17, 15) is 13.5 Å². The molecule has 2 fully saturated rings. The first kappa shape index (κ1) is 15.3. The van der Waals surface area contributed by atoms with Crippen LogP contribution in [0, 0.1) is 5.92 Å². The number of nitrogens with zero attached hydrogens (tertiary/aromatic N) is 1. The number of hydrogen-bond donors (Lipinski definition) is 1. The van der Waals surface area contributed by atoms with Gasteiger partial charge >= 0.3 is 0 Å². The predicted molar refractivity (Wildman–Crippen MR) is 81.6 cm³/mol. The van der Waals surface area contributed by atoms with E-state index in [4.69, 9.17) is 11.6 Å². The van der Waals surface area contributed by atoms with Crippen LogP contribution in [0.5, 0.6) is 0 Å².